The van der Waals surface area contributed by atoms with Crippen molar-refractivity contribution >= 4 is 0 Å². The fourth-order valence-electron chi connectivity index (χ4n) is 1.14. The van der Waals surface area contributed by atoms with E-state index in [1.165, 1.54) is 7.11 Å². The average molecular weight is 251 g/mol. The van der Waals surface area contributed by atoms with Gasteiger partial charge in [0, 0.05) is 6.04 Å². The van der Waals surface area contributed by atoms with Crippen LogP contribution < -0.4 is 15.2 Å². The molecule has 0 aliphatic rings. The van der Waals surface area contributed by atoms with Crippen LogP contribution in [0.15, 0.2) is 6.33 Å². The van der Waals surface area contributed by atoms with Gasteiger partial charge in [0.2, 0.25) is 5.75 Å². The maximum absolute atomic E-state index is 12.0. The molecule has 0 radical (unpaired) electrons. The minimum atomic E-state index is -4.44. The predicted octanol–water partition coefficient (Wildman–Crippen LogP) is 1.45. The van der Waals surface area contributed by atoms with E-state index < -0.39 is 18.8 Å². The molecule has 0 spiro atoms. The molecular formula is C9H12F3N3O2. The summed E-state index contributed by atoms with van der Waals surface area (Å²) in [4.78, 5) is 7.41. The predicted molar refractivity (Wildman–Crippen MR) is 52.7 cm³/mol. The van der Waals surface area contributed by atoms with Crippen LogP contribution in [0.2, 0.25) is 0 Å². The first-order valence-electron chi connectivity index (χ1n) is 4.69. The van der Waals surface area contributed by atoms with E-state index in [0.29, 0.717) is 5.69 Å². The van der Waals surface area contributed by atoms with E-state index in [2.05, 4.69) is 14.7 Å². The number of hydrogen-bond donors (Lipinski definition) is 1. The summed E-state index contributed by atoms with van der Waals surface area (Å²) in [5.74, 6) is -0.251. The number of nitrogens with zero attached hydrogens (tertiary/aromatic N) is 2. The lowest BCUT2D eigenvalue weighted by Gasteiger charge is -2.14. The van der Waals surface area contributed by atoms with Gasteiger partial charge in [0.25, 0.3) is 5.88 Å². The van der Waals surface area contributed by atoms with Gasteiger partial charge in [-0.1, -0.05) is 0 Å². The Morgan fingerprint density at radius 3 is 2.53 bits per heavy atom. The van der Waals surface area contributed by atoms with Crippen molar-refractivity contribution in [2.45, 2.75) is 19.1 Å². The molecular weight excluding hydrogens is 239 g/mol. The Kier molecular flexibility index (Phi) is 4.11. The molecule has 5 nitrogen and oxygen atoms in total. The first kappa shape index (κ1) is 13.5. The van der Waals surface area contributed by atoms with E-state index in [0.717, 1.165) is 6.33 Å². The summed E-state index contributed by atoms with van der Waals surface area (Å²) in [5.41, 5.74) is 5.88. The molecule has 1 heterocycles. The van der Waals surface area contributed by atoms with Gasteiger partial charge in [0.15, 0.2) is 6.61 Å². The van der Waals surface area contributed by atoms with Crippen LogP contribution >= 0.6 is 0 Å². The third-order valence-electron chi connectivity index (χ3n) is 1.81. The summed E-state index contributed by atoms with van der Waals surface area (Å²) < 4.78 is 45.4. The number of ether oxygens (including phenoxy) is 2. The lowest BCUT2D eigenvalue weighted by molar-refractivity contribution is -0.154. The molecule has 0 aliphatic heterocycles. The van der Waals surface area contributed by atoms with E-state index >= 15 is 0 Å². The second-order valence-corrected chi connectivity index (χ2v) is 3.29. The normalized spacial score (nSPS) is 13.3. The zero-order valence-corrected chi connectivity index (χ0v) is 9.28. The van der Waals surface area contributed by atoms with E-state index in [4.69, 9.17) is 10.5 Å². The summed E-state index contributed by atoms with van der Waals surface area (Å²) in [6.45, 7) is 0.178. The van der Waals surface area contributed by atoms with Gasteiger partial charge in [-0.05, 0) is 6.92 Å². The largest absolute Gasteiger partial charge is 0.490 e. The van der Waals surface area contributed by atoms with Gasteiger partial charge in [0.1, 0.15) is 12.0 Å². The zero-order valence-electron chi connectivity index (χ0n) is 9.28. The molecule has 1 aromatic heterocycles. The standard InChI is InChI=1S/C9H12F3N3O2/c1-5(13)6-7(16-2)8(15-4-14-6)17-3-9(10,11)12/h4-5H,3,13H2,1-2H3. The maximum Gasteiger partial charge on any atom is 0.422 e. The zero-order chi connectivity index (χ0) is 13.1. The van der Waals surface area contributed by atoms with Crippen LogP contribution in [0.1, 0.15) is 18.7 Å². The van der Waals surface area contributed by atoms with Gasteiger partial charge in [-0.25, -0.2) is 4.98 Å². The molecule has 0 fully saturated rings. The molecule has 0 saturated heterocycles. The van der Waals surface area contributed by atoms with Crippen LogP contribution in [-0.2, 0) is 0 Å². The van der Waals surface area contributed by atoms with Crippen molar-refractivity contribution in [1.29, 1.82) is 0 Å². The fraction of sp³-hybridized carbons (Fsp3) is 0.556. The minimum absolute atomic E-state index is 0.0201. The van der Waals surface area contributed by atoms with Crippen molar-refractivity contribution in [3.05, 3.63) is 12.0 Å². The van der Waals surface area contributed by atoms with E-state index in [-0.39, 0.29) is 11.6 Å². The highest BCUT2D eigenvalue weighted by Gasteiger charge is 2.30. The van der Waals surface area contributed by atoms with Gasteiger partial charge in [-0.2, -0.15) is 18.2 Å². The number of halogens is 3. The third kappa shape index (κ3) is 3.74. The number of nitrogens with two attached hydrogens (primary N) is 1. The Labute approximate surface area is 95.8 Å². The molecule has 0 aliphatic carbocycles. The highest BCUT2D eigenvalue weighted by atomic mass is 19.4. The van der Waals surface area contributed by atoms with Crippen LogP contribution in [0.5, 0.6) is 11.6 Å². The third-order valence-corrected chi connectivity index (χ3v) is 1.81. The second kappa shape index (κ2) is 5.17. The number of methoxy groups -OCH3 is 1. The first-order valence-corrected chi connectivity index (χ1v) is 4.69. The quantitative estimate of drug-likeness (QED) is 0.876. The lowest BCUT2D eigenvalue weighted by Crippen LogP contribution is -2.20. The Hall–Kier alpha value is -1.57. The Bertz CT molecular complexity index is 382. The molecule has 1 aromatic rings. The van der Waals surface area contributed by atoms with Crippen molar-refractivity contribution in [3.8, 4) is 11.6 Å². The second-order valence-electron chi connectivity index (χ2n) is 3.29. The van der Waals surface area contributed by atoms with Gasteiger partial charge in [0.05, 0.1) is 7.11 Å². The average Bonchev–Trinajstić information content (AvgIpc) is 2.24. The molecule has 0 saturated carbocycles. The minimum Gasteiger partial charge on any atom is -0.490 e. The Morgan fingerprint density at radius 1 is 1.41 bits per heavy atom. The fourth-order valence-corrected chi connectivity index (χ4v) is 1.14. The van der Waals surface area contributed by atoms with E-state index in [1.54, 1.807) is 6.92 Å². The molecule has 96 valence electrons. The molecule has 1 unspecified atom stereocenters. The lowest BCUT2D eigenvalue weighted by atomic mass is 10.2. The van der Waals surface area contributed by atoms with Crippen LogP contribution in [-0.4, -0.2) is 29.9 Å². The molecule has 1 atom stereocenters. The van der Waals surface area contributed by atoms with Crippen molar-refractivity contribution < 1.29 is 22.6 Å². The number of alkyl halides is 3. The summed E-state index contributed by atoms with van der Waals surface area (Å²) in [6, 6.07) is -0.499. The van der Waals surface area contributed by atoms with Crippen LogP contribution in [0.25, 0.3) is 0 Å². The first-order chi connectivity index (χ1) is 7.85. The summed E-state index contributed by atoms with van der Waals surface area (Å²) in [5, 5.41) is 0. The van der Waals surface area contributed by atoms with Gasteiger partial charge >= 0.3 is 6.18 Å². The van der Waals surface area contributed by atoms with Crippen molar-refractivity contribution in [2.75, 3.05) is 13.7 Å². The SMILES string of the molecule is COc1c(OCC(F)(F)F)ncnc1C(C)N. The van der Waals surface area contributed by atoms with Crippen LogP contribution in [0, 0.1) is 0 Å². The van der Waals surface area contributed by atoms with E-state index in [1.807, 2.05) is 0 Å². The molecule has 17 heavy (non-hydrogen) atoms. The summed E-state index contributed by atoms with van der Waals surface area (Å²) >= 11 is 0. The molecule has 0 aromatic carbocycles. The van der Waals surface area contributed by atoms with Crippen molar-refractivity contribution in [2.24, 2.45) is 5.73 Å². The number of aromatic nitrogens is 2. The molecule has 0 bridgehead atoms. The highest BCUT2D eigenvalue weighted by molar-refractivity contribution is 5.38. The number of hydrogen-bond acceptors (Lipinski definition) is 5. The molecule has 8 heteroatoms. The van der Waals surface area contributed by atoms with E-state index in [9.17, 15) is 13.2 Å². The smallest absolute Gasteiger partial charge is 0.422 e. The summed E-state index contributed by atoms with van der Waals surface area (Å²) in [6.07, 6.45) is -3.36. The van der Waals surface area contributed by atoms with Gasteiger partial charge in [-0.3, -0.25) is 0 Å². The van der Waals surface area contributed by atoms with Crippen molar-refractivity contribution in [3.63, 3.8) is 0 Å². The van der Waals surface area contributed by atoms with Crippen LogP contribution in [0.4, 0.5) is 13.2 Å². The van der Waals surface area contributed by atoms with Gasteiger partial charge in [-0.15, -0.1) is 0 Å². The Balaban J connectivity index is 2.95. The Morgan fingerprint density at radius 2 is 2.06 bits per heavy atom. The monoisotopic (exact) mass is 251 g/mol. The highest BCUT2D eigenvalue weighted by Crippen LogP contribution is 2.31. The van der Waals surface area contributed by atoms with Crippen molar-refractivity contribution in [1.82, 2.24) is 9.97 Å². The molecule has 2 N–H and O–H groups in total. The maximum atomic E-state index is 12.0. The number of rotatable bonds is 4. The molecule has 0 amide bonds. The topological polar surface area (TPSA) is 70.3 Å². The molecule has 1 rings (SSSR count). The van der Waals surface area contributed by atoms with Crippen LogP contribution in [0.3, 0.4) is 0 Å². The van der Waals surface area contributed by atoms with Gasteiger partial charge < -0.3 is 15.2 Å². The summed E-state index contributed by atoms with van der Waals surface area (Å²) in [7, 11) is 1.28.